The molecule has 0 N–H and O–H groups in total. The highest BCUT2D eigenvalue weighted by Gasteiger charge is 2.36. The van der Waals surface area contributed by atoms with Crippen molar-refractivity contribution in [3.63, 3.8) is 0 Å². The quantitative estimate of drug-likeness (QED) is 0.603. The molecule has 4 rings (SSSR count). The van der Waals surface area contributed by atoms with Crippen molar-refractivity contribution in [3.05, 3.63) is 63.5 Å². The highest BCUT2D eigenvalue weighted by molar-refractivity contribution is 6.33. The zero-order valence-electron chi connectivity index (χ0n) is 16.9. The van der Waals surface area contributed by atoms with Gasteiger partial charge in [0.1, 0.15) is 16.9 Å². The number of likely N-dealkylation sites (tertiary alicyclic amines) is 1. The largest absolute Gasteiger partial charge is 0.444 e. The van der Waals surface area contributed by atoms with E-state index in [1.807, 2.05) is 0 Å². The molecular weight excluding hydrogens is 411 g/mol. The summed E-state index contributed by atoms with van der Waals surface area (Å²) in [4.78, 5) is 27.7. The number of halogens is 2. The summed E-state index contributed by atoms with van der Waals surface area (Å²) in [6.45, 7) is 5.86. The first kappa shape index (κ1) is 20.4. The van der Waals surface area contributed by atoms with Gasteiger partial charge in [-0.3, -0.25) is 14.3 Å². The van der Waals surface area contributed by atoms with Crippen molar-refractivity contribution in [1.29, 1.82) is 0 Å². The number of benzene rings is 1. The second-order valence-corrected chi connectivity index (χ2v) is 8.67. The lowest BCUT2D eigenvalue weighted by atomic mass is 10.2. The van der Waals surface area contributed by atoms with E-state index >= 15 is 0 Å². The van der Waals surface area contributed by atoms with E-state index in [0.717, 1.165) is 6.42 Å². The molecule has 9 heteroatoms. The molecule has 0 bridgehead atoms. The van der Waals surface area contributed by atoms with E-state index in [4.69, 9.17) is 16.3 Å². The van der Waals surface area contributed by atoms with Crippen molar-refractivity contribution < 1.29 is 13.9 Å². The van der Waals surface area contributed by atoms with Gasteiger partial charge in [-0.05, 0) is 57.9 Å². The Hall–Kier alpha value is -2.87. The standard InChI is InChI=1S/C21H22ClFN4O3/c1-21(2,3)30-20(29)25-10-5-8-16(25)18-24-26-11-9-15(22)17(26)19(28)27(18)14-7-4-6-13(23)12-14/h4,6-7,9,11-12,16H,5,8,10H2,1-3H3/t16-/m0/s1. The molecule has 0 spiro atoms. The average molecular weight is 433 g/mol. The Labute approximate surface area is 177 Å². The number of rotatable bonds is 2. The monoisotopic (exact) mass is 432 g/mol. The molecule has 30 heavy (non-hydrogen) atoms. The van der Waals surface area contributed by atoms with Crippen LogP contribution in [0.25, 0.3) is 11.2 Å². The molecule has 1 aliphatic rings. The number of carbonyl (C=O) groups excluding carboxylic acids is 1. The number of ether oxygens (including phenoxy) is 1. The van der Waals surface area contributed by atoms with Crippen LogP contribution < -0.4 is 5.56 Å². The van der Waals surface area contributed by atoms with Gasteiger partial charge in [-0.15, -0.1) is 0 Å². The Morgan fingerprint density at radius 3 is 2.77 bits per heavy atom. The zero-order chi connectivity index (χ0) is 21.6. The van der Waals surface area contributed by atoms with E-state index in [1.54, 1.807) is 44.0 Å². The fourth-order valence-electron chi connectivity index (χ4n) is 3.70. The van der Waals surface area contributed by atoms with Gasteiger partial charge < -0.3 is 4.74 Å². The molecule has 3 heterocycles. The van der Waals surface area contributed by atoms with Crippen molar-refractivity contribution in [2.45, 2.75) is 45.3 Å². The van der Waals surface area contributed by atoms with Crippen LogP contribution in [0.3, 0.4) is 0 Å². The molecule has 1 saturated heterocycles. The fourth-order valence-corrected chi connectivity index (χ4v) is 3.93. The molecule has 0 saturated carbocycles. The van der Waals surface area contributed by atoms with E-state index in [1.165, 1.54) is 27.3 Å². The van der Waals surface area contributed by atoms with E-state index < -0.39 is 29.1 Å². The maximum Gasteiger partial charge on any atom is 0.410 e. The first-order valence-corrected chi connectivity index (χ1v) is 10.1. The lowest BCUT2D eigenvalue weighted by Crippen LogP contribution is -2.39. The van der Waals surface area contributed by atoms with Gasteiger partial charge in [-0.25, -0.2) is 13.7 Å². The second-order valence-electron chi connectivity index (χ2n) is 8.27. The molecule has 158 valence electrons. The summed E-state index contributed by atoms with van der Waals surface area (Å²) in [5.74, 6) is -0.157. The van der Waals surface area contributed by atoms with Crippen LogP contribution in [-0.2, 0) is 4.74 Å². The maximum atomic E-state index is 14.0. The maximum absolute atomic E-state index is 14.0. The first-order chi connectivity index (χ1) is 14.2. The molecule has 0 aliphatic carbocycles. The van der Waals surface area contributed by atoms with Crippen LogP contribution in [0, 0.1) is 5.82 Å². The van der Waals surface area contributed by atoms with Gasteiger partial charge in [-0.2, -0.15) is 5.10 Å². The molecule has 2 aromatic heterocycles. The van der Waals surface area contributed by atoms with E-state index in [9.17, 15) is 14.0 Å². The molecule has 1 aliphatic heterocycles. The predicted molar refractivity (Wildman–Crippen MR) is 111 cm³/mol. The molecule has 0 radical (unpaired) electrons. The van der Waals surface area contributed by atoms with Crippen molar-refractivity contribution in [2.75, 3.05) is 6.54 Å². The number of hydrogen-bond donors (Lipinski definition) is 0. The van der Waals surface area contributed by atoms with Gasteiger partial charge >= 0.3 is 6.09 Å². The van der Waals surface area contributed by atoms with Gasteiger partial charge in [0.25, 0.3) is 5.56 Å². The average Bonchev–Trinajstić information content (AvgIpc) is 3.27. The molecular formula is C21H22ClFN4O3. The molecule has 1 aromatic carbocycles. The highest BCUT2D eigenvalue weighted by atomic mass is 35.5. The minimum absolute atomic E-state index is 0.187. The van der Waals surface area contributed by atoms with Crippen LogP contribution in [0.2, 0.25) is 5.02 Å². The Balaban J connectivity index is 1.90. The number of hydrogen-bond acceptors (Lipinski definition) is 4. The van der Waals surface area contributed by atoms with Crippen LogP contribution in [-0.4, -0.2) is 37.3 Å². The van der Waals surface area contributed by atoms with Gasteiger partial charge in [-0.1, -0.05) is 17.7 Å². The van der Waals surface area contributed by atoms with Crippen LogP contribution in [0.15, 0.2) is 41.3 Å². The lowest BCUT2D eigenvalue weighted by Gasteiger charge is -2.29. The summed E-state index contributed by atoms with van der Waals surface area (Å²) in [6.07, 6.45) is 2.44. The van der Waals surface area contributed by atoms with Crippen molar-refractivity contribution in [1.82, 2.24) is 19.1 Å². The second kappa shape index (κ2) is 7.43. The summed E-state index contributed by atoms with van der Waals surface area (Å²) in [6, 6.07) is 6.77. The molecule has 1 amide bonds. The lowest BCUT2D eigenvalue weighted by molar-refractivity contribution is 0.0215. The molecule has 0 unspecified atom stereocenters. The van der Waals surface area contributed by atoms with Crippen LogP contribution in [0.5, 0.6) is 0 Å². The molecule has 1 fully saturated rings. The Kier molecular flexibility index (Phi) is 5.05. The number of carbonyl (C=O) groups is 1. The van der Waals surface area contributed by atoms with Crippen LogP contribution >= 0.6 is 11.6 Å². The SMILES string of the molecule is CC(C)(C)OC(=O)N1CCC[C@H]1c1nn2ccc(Cl)c2c(=O)n1-c1cccc(F)c1. The van der Waals surface area contributed by atoms with Crippen molar-refractivity contribution >= 4 is 23.2 Å². The fraction of sp³-hybridized carbons (Fsp3) is 0.381. The summed E-state index contributed by atoms with van der Waals surface area (Å²) < 4.78 is 22.2. The van der Waals surface area contributed by atoms with Crippen molar-refractivity contribution in [2.24, 2.45) is 0 Å². The summed E-state index contributed by atoms with van der Waals surface area (Å²) >= 11 is 6.20. The summed E-state index contributed by atoms with van der Waals surface area (Å²) in [5, 5.41) is 4.85. The normalized spacial score (nSPS) is 17.0. The minimum atomic E-state index is -0.655. The molecule has 3 aromatic rings. The van der Waals surface area contributed by atoms with E-state index in [0.29, 0.717) is 24.5 Å². The zero-order valence-corrected chi connectivity index (χ0v) is 17.7. The third-order valence-corrected chi connectivity index (χ3v) is 5.21. The first-order valence-electron chi connectivity index (χ1n) is 9.71. The number of aromatic nitrogens is 3. The Morgan fingerprint density at radius 2 is 2.07 bits per heavy atom. The predicted octanol–water partition coefficient (Wildman–Crippen LogP) is 4.35. The van der Waals surface area contributed by atoms with Gasteiger partial charge in [0.2, 0.25) is 0 Å². The minimum Gasteiger partial charge on any atom is -0.444 e. The van der Waals surface area contributed by atoms with Gasteiger partial charge in [0.05, 0.1) is 16.8 Å². The van der Waals surface area contributed by atoms with Gasteiger partial charge in [0.15, 0.2) is 5.82 Å². The van der Waals surface area contributed by atoms with E-state index in [-0.39, 0.29) is 10.5 Å². The van der Waals surface area contributed by atoms with E-state index in [2.05, 4.69) is 5.10 Å². The van der Waals surface area contributed by atoms with Crippen LogP contribution in [0.1, 0.15) is 45.5 Å². The molecule has 7 nitrogen and oxygen atoms in total. The molecule has 1 atom stereocenters. The number of nitrogens with zero attached hydrogens (tertiary/aromatic N) is 4. The number of fused-ring (bicyclic) bond motifs is 1. The third kappa shape index (κ3) is 3.67. The summed E-state index contributed by atoms with van der Waals surface area (Å²) in [5.41, 5.74) is -0.584. The van der Waals surface area contributed by atoms with Crippen molar-refractivity contribution in [3.8, 4) is 5.69 Å². The third-order valence-electron chi connectivity index (χ3n) is 4.91. The Bertz CT molecular complexity index is 1180. The van der Waals surface area contributed by atoms with Gasteiger partial charge in [0, 0.05) is 12.7 Å². The summed E-state index contributed by atoms with van der Waals surface area (Å²) in [7, 11) is 0. The number of amides is 1. The highest BCUT2D eigenvalue weighted by Crippen LogP contribution is 2.33. The van der Waals surface area contributed by atoms with Crippen LogP contribution in [0.4, 0.5) is 9.18 Å². The smallest absolute Gasteiger partial charge is 0.410 e. The topological polar surface area (TPSA) is 68.8 Å². The Morgan fingerprint density at radius 1 is 1.30 bits per heavy atom.